The van der Waals surface area contributed by atoms with E-state index in [2.05, 4.69) is 0 Å². The topological polar surface area (TPSA) is 98.8 Å². The van der Waals surface area contributed by atoms with Crippen molar-refractivity contribution in [2.75, 3.05) is 25.6 Å². The third-order valence-electron chi connectivity index (χ3n) is 5.07. The number of halogens is 1. The molecule has 2 atom stereocenters. The molecule has 0 radical (unpaired) electrons. The van der Waals surface area contributed by atoms with E-state index >= 15 is 0 Å². The van der Waals surface area contributed by atoms with Crippen LogP contribution in [0.4, 0.5) is 0 Å². The summed E-state index contributed by atoms with van der Waals surface area (Å²) >= 11 is 5.65. The van der Waals surface area contributed by atoms with Crippen LogP contribution in [0.15, 0.2) is 42.2 Å². The molecule has 1 aromatic carbocycles. The van der Waals surface area contributed by atoms with Crippen LogP contribution in [0.3, 0.4) is 0 Å². The first-order chi connectivity index (χ1) is 12.4. The van der Waals surface area contributed by atoms with E-state index in [4.69, 9.17) is 16.3 Å². The van der Waals surface area contributed by atoms with Crippen LogP contribution >= 0.6 is 11.6 Å². The normalized spacial score (nSPS) is 28.3. The van der Waals surface area contributed by atoms with Crippen LogP contribution in [0.2, 0.25) is 0 Å². The Hall–Kier alpha value is -2.19. The first-order valence-electron chi connectivity index (χ1n) is 8.37. The SMILES string of the molecule is O=[N+]([O-])C12CC=C(OCCCl)C([N+](=O)[O-])(CN(Cc3ccccc3)C1)C2. The Morgan fingerprint density at radius 3 is 2.50 bits per heavy atom. The Morgan fingerprint density at radius 2 is 1.88 bits per heavy atom. The molecule has 2 unspecified atom stereocenters. The van der Waals surface area contributed by atoms with Crippen molar-refractivity contribution < 1.29 is 14.6 Å². The van der Waals surface area contributed by atoms with Gasteiger partial charge in [0, 0.05) is 22.8 Å². The molecule has 1 aromatic rings. The zero-order chi connectivity index (χ0) is 18.8. The van der Waals surface area contributed by atoms with E-state index < -0.39 is 16.0 Å². The van der Waals surface area contributed by atoms with Gasteiger partial charge in [0.15, 0.2) is 5.76 Å². The number of benzene rings is 1. The molecule has 1 aliphatic carbocycles. The van der Waals surface area contributed by atoms with Crippen molar-refractivity contribution in [1.29, 1.82) is 0 Å². The second-order valence-corrected chi connectivity index (χ2v) is 7.27. The van der Waals surface area contributed by atoms with E-state index in [0.29, 0.717) is 6.54 Å². The quantitative estimate of drug-likeness (QED) is 0.408. The van der Waals surface area contributed by atoms with Gasteiger partial charge in [-0.15, -0.1) is 11.6 Å². The summed E-state index contributed by atoms with van der Waals surface area (Å²) in [5, 5.41) is 23.9. The monoisotopic (exact) mass is 381 g/mol. The van der Waals surface area contributed by atoms with Crippen molar-refractivity contribution >= 4 is 11.6 Å². The smallest absolute Gasteiger partial charge is 0.296 e. The third kappa shape index (κ3) is 3.26. The number of hydrogen-bond donors (Lipinski definition) is 0. The van der Waals surface area contributed by atoms with Gasteiger partial charge in [-0.3, -0.25) is 25.1 Å². The lowest BCUT2D eigenvalue weighted by Crippen LogP contribution is -2.67. The zero-order valence-electron chi connectivity index (χ0n) is 14.2. The number of hydrogen-bond acceptors (Lipinski definition) is 6. The summed E-state index contributed by atoms with van der Waals surface area (Å²) in [6.45, 7) is 0.782. The summed E-state index contributed by atoms with van der Waals surface area (Å²) in [5.41, 5.74) is -2.05. The van der Waals surface area contributed by atoms with Crippen LogP contribution < -0.4 is 0 Å². The summed E-state index contributed by atoms with van der Waals surface area (Å²) in [6.07, 6.45) is 1.46. The van der Waals surface area contributed by atoms with Gasteiger partial charge in [-0.25, -0.2) is 0 Å². The van der Waals surface area contributed by atoms with Crippen LogP contribution in [0.1, 0.15) is 18.4 Å². The molecule has 0 amide bonds. The predicted octanol–water partition coefficient (Wildman–Crippen LogP) is 2.47. The Morgan fingerprint density at radius 1 is 1.15 bits per heavy atom. The third-order valence-corrected chi connectivity index (χ3v) is 5.23. The van der Waals surface area contributed by atoms with Gasteiger partial charge in [-0.05, 0) is 11.6 Å². The molecule has 9 heteroatoms. The lowest BCUT2D eigenvalue weighted by Gasteiger charge is -2.45. The van der Waals surface area contributed by atoms with Gasteiger partial charge in [0.05, 0.1) is 25.4 Å². The molecule has 1 aliphatic heterocycles. The minimum atomic E-state index is -1.62. The number of piperidine rings is 1. The fourth-order valence-corrected chi connectivity index (χ4v) is 4.05. The van der Waals surface area contributed by atoms with Crippen molar-refractivity contribution in [2.24, 2.45) is 0 Å². The molecule has 26 heavy (non-hydrogen) atoms. The van der Waals surface area contributed by atoms with Gasteiger partial charge >= 0.3 is 0 Å². The summed E-state index contributed by atoms with van der Waals surface area (Å²) in [7, 11) is 0. The Labute approximate surface area is 155 Å². The van der Waals surface area contributed by atoms with E-state index in [0.717, 1.165) is 5.56 Å². The molecule has 2 aliphatic rings. The second-order valence-electron chi connectivity index (χ2n) is 6.89. The Balaban J connectivity index is 1.97. The van der Waals surface area contributed by atoms with Crippen LogP contribution in [0.5, 0.6) is 0 Å². The minimum Gasteiger partial charge on any atom is -0.489 e. The van der Waals surface area contributed by atoms with Crippen molar-refractivity contribution in [3.63, 3.8) is 0 Å². The molecule has 140 valence electrons. The van der Waals surface area contributed by atoms with Crippen LogP contribution in [0.25, 0.3) is 0 Å². The van der Waals surface area contributed by atoms with E-state index in [1.165, 1.54) is 6.08 Å². The molecular weight excluding hydrogens is 362 g/mol. The molecule has 2 bridgehead atoms. The van der Waals surface area contributed by atoms with E-state index in [-0.39, 0.29) is 49.1 Å². The second kappa shape index (κ2) is 7.20. The lowest BCUT2D eigenvalue weighted by molar-refractivity contribution is -0.624. The first kappa shape index (κ1) is 18.6. The van der Waals surface area contributed by atoms with Gasteiger partial charge in [-0.2, -0.15) is 0 Å². The summed E-state index contributed by atoms with van der Waals surface area (Å²) in [6, 6.07) is 9.45. The molecule has 0 saturated carbocycles. The molecule has 1 saturated heterocycles. The maximum absolute atomic E-state index is 12.0. The van der Waals surface area contributed by atoms with Crippen molar-refractivity contribution in [1.82, 2.24) is 4.90 Å². The number of likely N-dealkylation sites (tertiary alicyclic amines) is 1. The van der Waals surface area contributed by atoms with Crippen LogP contribution in [0, 0.1) is 20.2 Å². The van der Waals surface area contributed by atoms with Crippen LogP contribution in [-0.2, 0) is 11.3 Å². The highest BCUT2D eigenvalue weighted by Gasteiger charge is 2.66. The van der Waals surface area contributed by atoms with Gasteiger partial charge in [0.25, 0.3) is 5.54 Å². The number of ether oxygens (including phenoxy) is 1. The van der Waals surface area contributed by atoms with Crippen LogP contribution in [-0.4, -0.2) is 51.4 Å². The zero-order valence-corrected chi connectivity index (χ0v) is 14.9. The highest BCUT2D eigenvalue weighted by molar-refractivity contribution is 6.17. The number of fused-ring (bicyclic) bond motifs is 2. The molecule has 8 nitrogen and oxygen atoms in total. The first-order valence-corrected chi connectivity index (χ1v) is 8.90. The van der Waals surface area contributed by atoms with Gasteiger partial charge in [-0.1, -0.05) is 30.3 Å². The number of nitrogens with zero attached hydrogens (tertiary/aromatic N) is 3. The molecule has 1 fully saturated rings. The van der Waals surface area contributed by atoms with Crippen molar-refractivity contribution in [3.8, 4) is 0 Å². The summed E-state index contributed by atoms with van der Waals surface area (Å²) in [4.78, 5) is 24.9. The summed E-state index contributed by atoms with van der Waals surface area (Å²) in [5.74, 6) is 0.387. The average molecular weight is 382 g/mol. The number of nitro groups is 2. The molecule has 0 aromatic heterocycles. The molecule has 0 N–H and O–H groups in total. The Bertz CT molecular complexity index is 728. The lowest BCUT2D eigenvalue weighted by atomic mass is 9.71. The largest absolute Gasteiger partial charge is 0.489 e. The average Bonchev–Trinajstić information content (AvgIpc) is 2.61. The minimum absolute atomic E-state index is 0.0681. The highest BCUT2D eigenvalue weighted by atomic mass is 35.5. The standard InChI is InChI=1S/C17H20ClN3O5/c18-8-9-26-15-6-7-16(20(22)23)11-17(15,21(24)25)13-19(12-16)10-14-4-2-1-3-5-14/h1-6H,7-13H2. The fourth-order valence-electron chi connectivity index (χ4n) is 3.98. The number of rotatable bonds is 7. The van der Waals surface area contributed by atoms with E-state index in [1.807, 2.05) is 30.3 Å². The van der Waals surface area contributed by atoms with Gasteiger partial charge < -0.3 is 4.74 Å². The van der Waals surface area contributed by atoms with Gasteiger partial charge in [0.2, 0.25) is 5.54 Å². The number of alkyl halides is 1. The molecule has 1 heterocycles. The highest BCUT2D eigenvalue weighted by Crippen LogP contribution is 2.45. The van der Waals surface area contributed by atoms with Gasteiger partial charge in [0.1, 0.15) is 6.61 Å². The Kier molecular flexibility index (Phi) is 5.15. The van der Waals surface area contributed by atoms with E-state index in [9.17, 15) is 20.2 Å². The van der Waals surface area contributed by atoms with E-state index in [1.54, 1.807) is 4.90 Å². The molecular formula is C17H20ClN3O5. The maximum atomic E-state index is 12.0. The molecule has 3 rings (SSSR count). The summed E-state index contributed by atoms with van der Waals surface area (Å²) < 4.78 is 5.54. The predicted molar refractivity (Wildman–Crippen MR) is 95.2 cm³/mol. The maximum Gasteiger partial charge on any atom is 0.296 e. The van der Waals surface area contributed by atoms with Crippen molar-refractivity contribution in [2.45, 2.75) is 30.5 Å². The van der Waals surface area contributed by atoms with Crippen molar-refractivity contribution in [3.05, 3.63) is 68.0 Å². The fraction of sp³-hybridized carbons (Fsp3) is 0.529. The molecule has 0 spiro atoms.